The van der Waals surface area contributed by atoms with E-state index in [-0.39, 0.29) is 18.0 Å². The molecule has 0 saturated carbocycles. The molecule has 1 aromatic carbocycles. The molecule has 20 heavy (non-hydrogen) atoms. The predicted octanol–water partition coefficient (Wildman–Crippen LogP) is 2.30. The summed E-state index contributed by atoms with van der Waals surface area (Å²) in [6.45, 7) is 1.63. The van der Waals surface area contributed by atoms with E-state index in [0.29, 0.717) is 11.6 Å². The fraction of sp³-hybridized carbons (Fsp3) is 0.333. The molecule has 0 radical (unpaired) electrons. The molecule has 2 rings (SSSR count). The fourth-order valence-electron chi connectivity index (χ4n) is 1.61. The van der Waals surface area contributed by atoms with Crippen LogP contribution in [0.1, 0.15) is 17.2 Å². The van der Waals surface area contributed by atoms with Crippen molar-refractivity contribution < 1.29 is 17.9 Å². The number of rotatable bonds is 3. The molecule has 0 aliphatic heterocycles. The maximum atomic E-state index is 12.9. The predicted molar refractivity (Wildman–Crippen MR) is 65.9 cm³/mol. The summed E-state index contributed by atoms with van der Waals surface area (Å²) in [7, 11) is 1.71. The molecule has 0 saturated heterocycles. The van der Waals surface area contributed by atoms with Crippen LogP contribution in [-0.2, 0) is 19.8 Å². The topological polar surface area (TPSA) is 66.0 Å². The molecular formula is C12H13F3N4O. The van der Waals surface area contributed by atoms with Gasteiger partial charge in [0.2, 0.25) is 0 Å². The molecule has 1 aromatic heterocycles. The molecule has 0 atom stereocenters. The first-order valence-corrected chi connectivity index (χ1v) is 5.73. The minimum absolute atomic E-state index is 0.0270. The lowest BCUT2D eigenvalue weighted by atomic mass is 10.1. The van der Waals surface area contributed by atoms with Crippen LogP contribution in [0.2, 0.25) is 0 Å². The number of hydrogen-bond donors (Lipinski definition) is 1. The first kappa shape index (κ1) is 14.2. The van der Waals surface area contributed by atoms with E-state index in [2.05, 4.69) is 10.2 Å². The van der Waals surface area contributed by atoms with E-state index in [0.717, 1.165) is 6.07 Å². The monoisotopic (exact) mass is 286 g/mol. The van der Waals surface area contributed by atoms with Crippen LogP contribution in [0, 0.1) is 6.92 Å². The number of benzene rings is 1. The lowest BCUT2D eigenvalue weighted by molar-refractivity contribution is -0.139. The van der Waals surface area contributed by atoms with Gasteiger partial charge < -0.3 is 15.0 Å². The van der Waals surface area contributed by atoms with Crippen LogP contribution >= 0.6 is 0 Å². The van der Waals surface area contributed by atoms with Crippen LogP contribution in [0.5, 0.6) is 5.75 Å². The van der Waals surface area contributed by atoms with Gasteiger partial charge in [-0.05, 0) is 25.1 Å². The van der Waals surface area contributed by atoms with Crippen molar-refractivity contribution in [3.05, 3.63) is 35.4 Å². The van der Waals surface area contributed by atoms with Gasteiger partial charge in [-0.25, -0.2) is 0 Å². The Bertz CT molecular complexity index is 622. The number of aromatic nitrogens is 3. The minimum atomic E-state index is -4.53. The van der Waals surface area contributed by atoms with Gasteiger partial charge in [0.1, 0.15) is 18.2 Å². The second kappa shape index (κ2) is 5.03. The zero-order chi connectivity index (χ0) is 14.9. The summed E-state index contributed by atoms with van der Waals surface area (Å²) in [5.41, 5.74) is 4.50. The van der Waals surface area contributed by atoms with E-state index < -0.39 is 11.7 Å². The lowest BCUT2D eigenvalue weighted by Crippen LogP contribution is -2.11. The van der Waals surface area contributed by atoms with E-state index in [1.165, 1.54) is 12.1 Å². The van der Waals surface area contributed by atoms with Gasteiger partial charge in [-0.1, -0.05) is 0 Å². The van der Waals surface area contributed by atoms with Crippen LogP contribution < -0.4 is 10.5 Å². The normalized spacial score (nSPS) is 11.7. The van der Waals surface area contributed by atoms with Crippen molar-refractivity contribution in [1.82, 2.24) is 14.8 Å². The van der Waals surface area contributed by atoms with Gasteiger partial charge in [-0.2, -0.15) is 13.2 Å². The maximum Gasteiger partial charge on any atom is 0.420 e. The molecule has 0 aliphatic carbocycles. The molecule has 0 spiro atoms. The Hall–Kier alpha value is -2.25. The Morgan fingerprint density at radius 3 is 2.55 bits per heavy atom. The third-order valence-corrected chi connectivity index (χ3v) is 2.85. The summed E-state index contributed by atoms with van der Waals surface area (Å²) >= 11 is 0. The Balaban J connectivity index is 2.24. The number of aryl methyl sites for hydroxylation is 1. The van der Waals surface area contributed by atoms with Gasteiger partial charge in [0.05, 0.1) is 5.56 Å². The van der Waals surface area contributed by atoms with Crippen molar-refractivity contribution >= 4 is 5.69 Å². The quantitative estimate of drug-likeness (QED) is 0.879. The van der Waals surface area contributed by atoms with Gasteiger partial charge >= 0.3 is 6.18 Å². The van der Waals surface area contributed by atoms with E-state index in [4.69, 9.17) is 10.5 Å². The summed E-state index contributed by atoms with van der Waals surface area (Å²) in [6.07, 6.45) is -4.53. The van der Waals surface area contributed by atoms with Crippen molar-refractivity contribution in [2.75, 3.05) is 5.73 Å². The minimum Gasteiger partial charge on any atom is -0.485 e. The van der Waals surface area contributed by atoms with E-state index in [1.807, 2.05) is 0 Å². The molecule has 0 fully saturated rings. The molecule has 0 unspecified atom stereocenters. The first-order chi connectivity index (χ1) is 9.29. The van der Waals surface area contributed by atoms with Crippen LogP contribution in [0.4, 0.5) is 18.9 Å². The molecule has 1 heterocycles. The third-order valence-electron chi connectivity index (χ3n) is 2.85. The van der Waals surface area contributed by atoms with Gasteiger partial charge in [0.15, 0.2) is 5.82 Å². The smallest absolute Gasteiger partial charge is 0.420 e. The van der Waals surface area contributed by atoms with Crippen molar-refractivity contribution in [2.45, 2.75) is 19.7 Å². The SMILES string of the molecule is Cc1nnc(COc2ccc(N)cc2C(F)(F)F)n1C. The highest BCUT2D eigenvalue weighted by atomic mass is 19.4. The molecule has 0 bridgehead atoms. The maximum absolute atomic E-state index is 12.9. The molecule has 5 nitrogen and oxygen atoms in total. The number of halogens is 3. The Morgan fingerprint density at radius 2 is 2.00 bits per heavy atom. The first-order valence-electron chi connectivity index (χ1n) is 5.73. The molecular weight excluding hydrogens is 273 g/mol. The van der Waals surface area contributed by atoms with Gasteiger partial charge in [-0.15, -0.1) is 10.2 Å². The fourth-order valence-corrected chi connectivity index (χ4v) is 1.61. The van der Waals surface area contributed by atoms with Crippen LogP contribution in [0.3, 0.4) is 0 Å². The summed E-state index contributed by atoms with van der Waals surface area (Å²) in [5.74, 6) is 0.803. The Morgan fingerprint density at radius 1 is 1.30 bits per heavy atom. The molecule has 2 aromatic rings. The highest BCUT2D eigenvalue weighted by molar-refractivity contribution is 5.49. The number of alkyl halides is 3. The van der Waals surface area contributed by atoms with Gasteiger partial charge in [0, 0.05) is 12.7 Å². The second-order valence-corrected chi connectivity index (χ2v) is 4.26. The standard InChI is InChI=1S/C12H13F3N4O/c1-7-17-18-11(19(7)2)6-20-10-4-3-8(16)5-9(10)12(13,14)15/h3-5H,6,16H2,1-2H3. The average molecular weight is 286 g/mol. The molecule has 8 heteroatoms. The Labute approximate surface area is 113 Å². The third kappa shape index (κ3) is 2.84. The number of nitrogen functional groups attached to an aromatic ring is 1. The number of anilines is 1. The summed E-state index contributed by atoms with van der Waals surface area (Å²) < 4.78 is 45.4. The number of nitrogens with zero attached hydrogens (tertiary/aromatic N) is 3. The molecule has 2 N–H and O–H groups in total. The number of hydrogen-bond acceptors (Lipinski definition) is 4. The highest BCUT2D eigenvalue weighted by Crippen LogP contribution is 2.37. The van der Waals surface area contributed by atoms with Crippen molar-refractivity contribution in [3.63, 3.8) is 0 Å². The van der Waals surface area contributed by atoms with Crippen LogP contribution in [0.25, 0.3) is 0 Å². The summed E-state index contributed by atoms with van der Waals surface area (Å²) in [5, 5.41) is 7.63. The van der Waals surface area contributed by atoms with Crippen molar-refractivity contribution in [2.24, 2.45) is 7.05 Å². The number of nitrogens with two attached hydrogens (primary N) is 1. The summed E-state index contributed by atoms with van der Waals surface area (Å²) in [4.78, 5) is 0. The average Bonchev–Trinajstić information content (AvgIpc) is 2.67. The zero-order valence-corrected chi connectivity index (χ0v) is 10.9. The van der Waals surface area contributed by atoms with Crippen molar-refractivity contribution in [1.29, 1.82) is 0 Å². The second-order valence-electron chi connectivity index (χ2n) is 4.26. The van der Waals surface area contributed by atoms with Crippen molar-refractivity contribution in [3.8, 4) is 5.75 Å². The van der Waals surface area contributed by atoms with Gasteiger partial charge in [-0.3, -0.25) is 0 Å². The number of ether oxygens (including phenoxy) is 1. The largest absolute Gasteiger partial charge is 0.485 e. The molecule has 108 valence electrons. The molecule has 0 aliphatic rings. The van der Waals surface area contributed by atoms with Crippen LogP contribution in [-0.4, -0.2) is 14.8 Å². The van der Waals surface area contributed by atoms with E-state index in [9.17, 15) is 13.2 Å². The highest BCUT2D eigenvalue weighted by Gasteiger charge is 2.34. The van der Waals surface area contributed by atoms with Crippen LogP contribution in [0.15, 0.2) is 18.2 Å². The molecule has 0 amide bonds. The Kier molecular flexibility index (Phi) is 3.56. The zero-order valence-electron chi connectivity index (χ0n) is 10.9. The van der Waals surface area contributed by atoms with Gasteiger partial charge in [0.25, 0.3) is 0 Å². The van der Waals surface area contributed by atoms with E-state index >= 15 is 0 Å². The van der Waals surface area contributed by atoms with E-state index in [1.54, 1.807) is 18.5 Å². The summed E-state index contributed by atoms with van der Waals surface area (Å²) in [6, 6.07) is 3.39. The lowest BCUT2D eigenvalue weighted by Gasteiger charge is -2.14.